The van der Waals surface area contributed by atoms with Gasteiger partial charge in [0.1, 0.15) is 12.4 Å². The number of benzene rings is 1. The van der Waals surface area contributed by atoms with Crippen LogP contribution < -0.4 is 10.1 Å². The molecular weight excluding hydrogens is 202 g/mol. The Balaban J connectivity index is 2.31. The molecule has 0 spiro atoms. The average molecular weight is 223 g/mol. The Kier molecular flexibility index (Phi) is 6.61. The Bertz CT molecular complexity index is 264. The molecule has 0 radical (unpaired) electrons. The van der Waals surface area contributed by atoms with Gasteiger partial charge >= 0.3 is 0 Å². The first-order valence-electron chi connectivity index (χ1n) is 5.85. The average Bonchev–Trinajstić information content (AvgIpc) is 2.34. The molecular formula is C13H21NO2. The Labute approximate surface area is 97.8 Å². The first-order chi connectivity index (χ1) is 7.86. The summed E-state index contributed by atoms with van der Waals surface area (Å²) < 4.78 is 11.1. The van der Waals surface area contributed by atoms with Crippen LogP contribution in [0.3, 0.4) is 0 Å². The van der Waals surface area contributed by atoms with Crippen LogP contribution in [0.25, 0.3) is 0 Å². The molecule has 0 heterocycles. The molecule has 1 N–H and O–H groups in total. The minimum Gasteiger partial charge on any atom is -0.492 e. The summed E-state index contributed by atoms with van der Waals surface area (Å²) in [4.78, 5) is 0. The molecule has 0 aliphatic carbocycles. The molecule has 1 aromatic carbocycles. The third-order valence-electron chi connectivity index (χ3n) is 2.21. The maximum absolute atomic E-state index is 5.68. The van der Waals surface area contributed by atoms with Crippen LogP contribution in [-0.2, 0) is 4.74 Å². The molecule has 0 aliphatic heterocycles. The lowest BCUT2D eigenvalue weighted by atomic mass is 10.3. The van der Waals surface area contributed by atoms with Gasteiger partial charge in [-0.25, -0.2) is 0 Å². The van der Waals surface area contributed by atoms with Crippen LogP contribution in [0.1, 0.15) is 13.8 Å². The van der Waals surface area contributed by atoms with Gasteiger partial charge in [0.05, 0.1) is 12.6 Å². The van der Waals surface area contributed by atoms with Gasteiger partial charge in [0.2, 0.25) is 0 Å². The molecule has 1 unspecified atom stereocenters. The maximum atomic E-state index is 5.68. The van der Waals surface area contributed by atoms with Crippen molar-refractivity contribution in [2.75, 3.05) is 26.4 Å². The fourth-order valence-corrected chi connectivity index (χ4v) is 1.43. The Morgan fingerprint density at radius 1 is 1.12 bits per heavy atom. The van der Waals surface area contributed by atoms with Gasteiger partial charge in [-0.15, -0.1) is 0 Å². The van der Waals surface area contributed by atoms with Gasteiger partial charge < -0.3 is 14.8 Å². The lowest BCUT2D eigenvalue weighted by Gasteiger charge is -2.18. The fourth-order valence-electron chi connectivity index (χ4n) is 1.43. The smallest absolute Gasteiger partial charge is 0.119 e. The summed E-state index contributed by atoms with van der Waals surface area (Å²) in [7, 11) is 0. The lowest BCUT2D eigenvalue weighted by molar-refractivity contribution is 0.103. The highest BCUT2D eigenvalue weighted by Gasteiger charge is 2.07. The van der Waals surface area contributed by atoms with Crippen molar-refractivity contribution in [3.63, 3.8) is 0 Å². The third-order valence-corrected chi connectivity index (χ3v) is 2.21. The summed E-state index contributed by atoms with van der Waals surface area (Å²) in [6.07, 6.45) is 0. The van der Waals surface area contributed by atoms with Crippen LogP contribution in [-0.4, -0.2) is 32.4 Å². The molecule has 16 heavy (non-hydrogen) atoms. The molecule has 0 fully saturated rings. The van der Waals surface area contributed by atoms with Crippen LogP contribution in [0.15, 0.2) is 30.3 Å². The number of para-hydroxylation sites is 1. The molecule has 1 atom stereocenters. The number of rotatable bonds is 8. The third kappa shape index (κ3) is 5.14. The summed E-state index contributed by atoms with van der Waals surface area (Å²) in [6.45, 7) is 7.08. The van der Waals surface area contributed by atoms with Gasteiger partial charge in [-0.3, -0.25) is 0 Å². The number of likely N-dealkylation sites (N-methyl/N-ethyl adjacent to an activating group) is 1. The number of ether oxygens (including phenoxy) is 2. The summed E-state index contributed by atoms with van der Waals surface area (Å²) in [5.41, 5.74) is 0. The summed E-state index contributed by atoms with van der Waals surface area (Å²) in [6, 6.07) is 10.1. The monoisotopic (exact) mass is 223 g/mol. The van der Waals surface area contributed by atoms with E-state index in [2.05, 4.69) is 12.2 Å². The van der Waals surface area contributed by atoms with Crippen LogP contribution in [0.4, 0.5) is 0 Å². The van der Waals surface area contributed by atoms with Crippen molar-refractivity contribution < 1.29 is 9.47 Å². The predicted octanol–water partition coefficient (Wildman–Crippen LogP) is 2.08. The number of nitrogens with one attached hydrogen (secondary N) is 1. The first kappa shape index (κ1) is 13.0. The van der Waals surface area contributed by atoms with Crippen molar-refractivity contribution >= 4 is 0 Å². The van der Waals surface area contributed by atoms with E-state index in [4.69, 9.17) is 9.47 Å². The Morgan fingerprint density at radius 3 is 2.50 bits per heavy atom. The van der Waals surface area contributed by atoms with E-state index in [-0.39, 0.29) is 6.04 Å². The van der Waals surface area contributed by atoms with Crippen molar-refractivity contribution in [2.45, 2.75) is 19.9 Å². The fraction of sp³-hybridized carbons (Fsp3) is 0.538. The maximum Gasteiger partial charge on any atom is 0.119 e. The molecule has 1 rings (SSSR count). The molecule has 0 saturated carbocycles. The normalized spacial score (nSPS) is 12.4. The zero-order chi connectivity index (χ0) is 11.6. The molecule has 0 amide bonds. The van der Waals surface area contributed by atoms with Crippen molar-refractivity contribution in [2.24, 2.45) is 0 Å². The van der Waals surface area contributed by atoms with E-state index in [1.807, 2.05) is 37.3 Å². The molecule has 0 aromatic heterocycles. The van der Waals surface area contributed by atoms with E-state index in [0.29, 0.717) is 13.2 Å². The van der Waals surface area contributed by atoms with E-state index in [0.717, 1.165) is 18.9 Å². The van der Waals surface area contributed by atoms with Gasteiger partial charge in [0.15, 0.2) is 0 Å². The summed E-state index contributed by atoms with van der Waals surface area (Å²) in [5, 5.41) is 3.34. The van der Waals surface area contributed by atoms with E-state index < -0.39 is 0 Å². The molecule has 90 valence electrons. The van der Waals surface area contributed by atoms with Crippen LogP contribution >= 0.6 is 0 Å². The van der Waals surface area contributed by atoms with Crippen molar-refractivity contribution in [1.29, 1.82) is 0 Å². The molecule has 0 bridgehead atoms. The number of hydrogen-bond donors (Lipinski definition) is 1. The second-order valence-corrected chi connectivity index (χ2v) is 3.54. The second-order valence-electron chi connectivity index (χ2n) is 3.54. The predicted molar refractivity (Wildman–Crippen MR) is 65.9 cm³/mol. The topological polar surface area (TPSA) is 30.5 Å². The Morgan fingerprint density at radius 2 is 1.88 bits per heavy atom. The Hall–Kier alpha value is -1.06. The van der Waals surface area contributed by atoms with Crippen LogP contribution in [0, 0.1) is 0 Å². The minimum absolute atomic E-state index is 0.255. The van der Waals surface area contributed by atoms with Crippen molar-refractivity contribution in [3.05, 3.63) is 30.3 Å². The molecule has 3 nitrogen and oxygen atoms in total. The van der Waals surface area contributed by atoms with Crippen LogP contribution in [0.5, 0.6) is 5.75 Å². The van der Waals surface area contributed by atoms with E-state index >= 15 is 0 Å². The highest BCUT2D eigenvalue weighted by molar-refractivity contribution is 5.20. The van der Waals surface area contributed by atoms with Gasteiger partial charge in [-0.2, -0.15) is 0 Å². The van der Waals surface area contributed by atoms with Gasteiger partial charge in [-0.05, 0) is 25.6 Å². The summed E-state index contributed by atoms with van der Waals surface area (Å²) in [5.74, 6) is 0.905. The lowest BCUT2D eigenvalue weighted by Crippen LogP contribution is -2.38. The van der Waals surface area contributed by atoms with Gasteiger partial charge in [0.25, 0.3) is 0 Å². The molecule has 1 aromatic rings. The van der Waals surface area contributed by atoms with E-state index in [9.17, 15) is 0 Å². The van der Waals surface area contributed by atoms with E-state index in [1.165, 1.54) is 0 Å². The second kappa shape index (κ2) is 8.13. The van der Waals surface area contributed by atoms with Crippen LogP contribution in [0.2, 0.25) is 0 Å². The zero-order valence-electron chi connectivity index (χ0n) is 10.1. The minimum atomic E-state index is 0.255. The molecule has 0 saturated heterocycles. The van der Waals surface area contributed by atoms with Crippen molar-refractivity contribution in [3.8, 4) is 5.75 Å². The number of hydrogen-bond acceptors (Lipinski definition) is 3. The van der Waals surface area contributed by atoms with Gasteiger partial charge in [-0.1, -0.05) is 25.1 Å². The molecule has 0 aliphatic rings. The molecule has 3 heteroatoms. The highest BCUT2D eigenvalue weighted by Crippen LogP contribution is 2.08. The largest absolute Gasteiger partial charge is 0.492 e. The standard InChI is InChI=1S/C13H21NO2/c1-3-14-12(10-15-4-2)11-16-13-8-6-5-7-9-13/h5-9,12,14H,3-4,10-11H2,1-2H3. The SMILES string of the molecule is CCNC(COCC)COc1ccccc1. The van der Waals surface area contributed by atoms with Gasteiger partial charge in [0, 0.05) is 6.61 Å². The van der Waals surface area contributed by atoms with Crippen molar-refractivity contribution in [1.82, 2.24) is 5.32 Å². The summed E-state index contributed by atoms with van der Waals surface area (Å²) >= 11 is 0. The zero-order valence-corrected chi connectivity index (χ0v) is 10.1. The van der Waals surface area contributed by atoms with E-state index in [1.54, 1.807) is 0 Å². The first-order valence-corrected chi connectivity index (χ1v) is 5.85. The highest BCUT2D eigenvalue weighted by atomic mass is 16.5. The quantitative estimate of drug-likeness (QED) is 0.732.